The number of piperidine rings is 1. The van der Waals surface area contributed by atoms with Gasteiger partial charge in [-0.3, -0.25) is 9.25 Å². The van der Waals surface area contributed by atoms with Gasteiger partial charge in [-0.25, -0.2) is 4.98 Å². The van der Waals surface area contributed by atoms with Gasteiger partial charge in [-0.05, 0) is 75.0 Å². The Morgan fingerprint density at radius 1 is 1.00 bits per heavy atom. The molecule has 0 spiro atoms. The van der Waals surface area contributed by atoms with E-state index in [2.05, 4.69) is 26.6 Å². The number of hydrogen-bond donors (Lipinski definition) is 0. The minimum atomic E-state index is 0.320. The molecule has 2 aromatic rings. The molecule has 7 rings (SSSR count). The molecular weight excluding hydrogens is 350 g/mol. The zero-order valence-electron chi connectivity index (χ0n) is 16.9. The van der Waals surface area contributed by atoms with E-state index in [1.54, 1.807) is 6.33 Å². The summed E-state index contributed by atoms with van der Waals surface area (Å²) in [4.78, 5) is 6.51. The quantitative estimate of drug-likeness (QED) is 0.815. The highest BCUT2D eigenvalue weighted by Gasteiger charge is 2.53. The van der Waals surface area contributed by atoms with Gasteiger partial charge in [0.2, 0.25) is 5.95 Å². The van der Waals surface area contributed by atoms with Gasteiger partial charge < -0.3 is 4.90 Å². The fourth-order valence-electron chi connectivity index (χ4n) is 7.35. The van der Waals surface area contributed by atoms with Crippen molar-refractivity contribution in [1.82, 2.24) is 29.5 Å². The van der Waals surface area contributed by atoms with E-state index >= 15 is 0 Å². The average molecular weight is 382 g/mol. The Balaban J connectivity index is 1.18. The molecule has 4 aliphatic carbocycles. The Kier molecular flexibility index (Phi) is 3.82. The van der Waals surface area contributed by atoms with Crippen LogP contribution >= 0.6 is 0 Å². The highest BCUT2D eigenvalue weighted by molar-refractivity contribution is 5.34. The van der Waals surface area contributed by atoms with Crippen LogP contribution in [0.15, 0.2) is 12.7 Å². The zero-order chi connectivity index (χ0) is 18.7. The van der Waals surface area contributed by atoms with Gasteiger partial charge in [0.1, 0.15) is 18.5 Å². The fraction of sp³-hybridized carbons (Fsp3) is 0.810. The first-order valence-corrected chi connectivity index (χ1v) is 11.2. The van der Waals surface area contributed by atoms with Crippen LogP contribution in [0.25, 0.3) is 0 Å². The van der Waals surface area contributed by atoms with E-state index in [1.807, 2.05) is 11.0 Å². The van der Waals surface area contributed by atoms with E-state index in [0.717, 1.165) is 43.3 Å². The maximum atomic E-state index is 4.81. The van der Waals surface area contributed by atoms with Crippen LogP contribution in [-0.4, -0.2) is 42.6 Å². The molecule has 0 atom stereocenters. The number of hydrogen-bond acceptors (Lipinski definition) is 5. The second kappa shape index (κ2) is 6.29. The SMILES string of the molecule is Cn1c(N2CCC(Cn3cncn3)CC2)nnc1C12CC3CC(CC(C3)C1)C2. The smallest absolute Gasteiger partial charge is 0.226 e. The Morgan fingerprint density at radius 2 is 1.68 bits per heavy atom. The van der Waals surface area contributed by atoms with E-state index in [9.17, 15) is 0 Å². The molecule has 1 saturated heterocycles. The van der Waals surface area contributed by atoms with E-state index in [-0.39, 0.29) is 0 Å². The van der Waals surface area contributed by atoms with Gasteiger partial charge >= 0.3 is 0 Å². The van der Waals surface area contributed by atoms with E-state index in [0.29, 0.717) is 11.3 Å². The molecule has 5 aliphatic rings. The number of anilines is 1. The van der Waals surface area contributed by atoms with Crippen LogP contribution < -0.4 is 4.90 Å². The standard InChI is InChI=1S/C21H31N7/c1-26-19(21-9-16-6-17(10-21)8-18(7-16)11-21)24-25-20(26)27-4-2-15(3-5-27)12-28-14-22-13-23-28/h13-18H,2-12H2,1H3. The maximum absolute atomic E-state index is 4.81. The molecule has 0 radical (unpaired) electrons. The lowest BCUT2D eigenvalue weighted by Gasteiger charge is -2.56. The van der Waals surface area contributed by atoms with E-state index < -0.39 is 0 Å². The number of aromatic nitrogens is 6. The maximum Gasteiger partial charge on any atom is 0.226 e. The van der Waals surface area contributed by atoms with Crippen LogP contribution in [-0.2, 0) is 19.0 Å². The first-order valence-electron chi connectivity index (χ1n) is 11.2. The average Bonchev–Trinajstić information content (AvgIpc) is 3.31. The molecule has 28 heavy (non-hydrogen) atoms. The van der Waals surface area contributed by atoms with Gasteiger partial charge in [0, 0.05) is 32.1 Å². The summed E-state index contributed by atoms with van der Waals surface area (Å²) in [5.41, 5.74) is 0.320. The molecule has 2 aromatic heterocycles. The highest BCUT2D eigenvalue weighted by Crippen LogP contribution is 2.60. The summed E-state index contributed by atoms with van der Waals surface area (Å²) in [6.45, 7) is 3.10. The second-order valence-electron chi connectivity index (χ2n) is 10.1. The highest BCUT2D eigenvalue weighted by atomic mass is 15.4. The molecule has 0 unspecified atom stereocenters. The molecule has 7 nitrogen and oxygen atoms in total. The predicted molar refractivity (Wildman–Crippen MR) is 106 cm³/mol. The predicted octanol–water partition coefficient (Wildman–Crippen LogP) is 2.79. The number of rotatable bonds is 4. The van der Waals surface area contributed by atoms with Crippen LogP contribution in [0.4, 0.5) is 5.95 Å². The third-order valence-corrected chi connectivity index (χ3v) is 8.17. The van der Waals surface area contributed by atoms with Crippen molar-refractivity contribution >= 4 is 5.95 Å². The summed E-state index contributed by atoms with van der Waals surface area (Å²) in [6, 6.07) is 0. The summed E-state index contributed by atoms with van der Waals surface area (Å²) in [5, 5.41) is 13.8. The van der Waals surface area contributed by atoms with Gasteiger partial charge in [-0.15, -0.1) is 10.2 Å². The summed E-state index contributed by atoms with van der Waals surface area (Å²) in [7, 11) is 2.21. The lowest BCUT2D eigenvalue weighted by atomic mass is 9.49. The van der Waals surface area contributed by atoms with Crippen LogP contribution in [0.5, 0.6) is 0 Å². The molecule has 0 N–H and O–H groups in total. The van der Waals surface area contributed by atoms with Crippen molar-refractivity contribution in [2.24, 2.45) is 30.7 Å². The Bertz CT molecular complexity index is 796. The van der Waals surface area contributed by atoms with Gasteiger partial charge in [0.05, 0.1) is 0 Å². The van der Waals surface area contributed by atoms with Crippen molar-refractivity contribution in [1.29, 1.82) is 0 Å². The van der Waals surface area contributed by atoms with E-state index in [4.69, 9.17) is 10.2 Å². The Hall–Kier alpha value is -1.92. The zero-order valence-corrected chi connectivity index (χ0v) is 16.9. The van der Waals surface area contributed by atoms with Crippen LogP contribution in [0.2, 0.25) is 0 Å². The topological polar surface area (TPSA) is 64.7 Å². The van der Waals surface area contributed by atoms with Crippen molar-refractivity contribution in [3.63, 3.8) is 0 Å². The molecule has 4 saturated carbocycles. The normalized spacial score (nSPS) is 35.0. The van der Waals surface area contributed by atoms with Crippen molar-refractivity contribution in [2.75, 3.05) is 18.0 Å². The minimum absolute atomic E-state index is 0.320. The van der Waals surface area contributed by atoms with Crippen LogP contribution in [0.1, 0.15) is 57.2 Å². The van der Waals surface area contributed by atoms with Crippen molar-refractivity contribution in [3.05, 3.63) is 18.5 Å². The molecular formula is C21H31N7. The molecule has 3 heterocycles. The summed E-state index contributed by atoms with van der Waals surface area (Å²) < 4.78 is 4.32. The van der Waals surface area contributed by atoms with Crippen molar-refractivity contribution in [2.45, 2.75) is 63.3 Å². The van der Waals surface area contributed by atoms with Crippen molar-refractivity contribution in [3.8, 4) is 0 Å². The molecule has 0 aromatic carbocycles. The molecule has 5 fully saturated rings. The first-order chi connectivity index (χ1) is 13.7. The van der Waals surface area contributed by atoms with Crippen molar-refractivity contribution < 1.29 is 0 Å². The summed E-state index contributed by atoms with van der Waals surface area (Å²) >= 11 is 0. The fourth-order valence-corrected chi connectivity index (χ4v) is 7.35. The third-order valence-electron chi connectivity index (χ3n) is 8.17. The van der Waals surface area contributed by atoms with Crippen LogP contribution in [0.3, 0.4) is 0 Å². The van der Waals surface area contributed by atoms with Gasteiger partial charge in [0.25, 0.3) is 0 Å². The lowest BCUT2D eigenvalue weighted by molar-refractivity contribution is -0.0107. The molecule has 0 amide bonds. The lowest BCUT2D eigenvalue weighted by Crippen LogP contribution is -2.49. The minimum Gasteiger partial charge on any atom is -0.341 e. The molecule has 1 aliphatic heterocycles. The largest absolute Gasteiger partial charge is 0.341 e. The molecule has 4 bridgehead atoms. The number of nitrogens with zero attached hydrogens (tertiary/aromatic N) is 7. The van der Waals surface area contributed by atoms with Gasteiger partial charge in [0.15, 0.2) is 0 Å². The Labute approximate surface area is 166 Å². The van der Waals surface area contributed by atoms with Gasteiger partial charge in [-0.1, -0.05) is 0 Å². The monoisotopic (exact) mass is 381 g/mol. The second-order valence-corrected chi connectivity index (χ2v) is 10.1. The summed E-state index contributed by atoms with van der Waals surface area (Å²) in [5.74, 6) is 5.88. The van der Waals surface area contributed by atoms with E-state index in [1.165, 1.54) is 57.2 Å². The third kappa shape index (κ3) is 2.69. The summed E-state index contributed by atoms with van der Waals surface area (Å²) in [6.07, 6.45) is 14.3. The molecule has 150 valence electrons. The van der Waals surface area contributed by atoms with Gasteiger partial charge in [-0.2, -0.15) is 5.10 Å². The molecule has 7 heteroatoms. The Morgan fingerprint density at radius 3 is 2.29 bits per heavy atom. The first kappa shape index (κ1) is 17.0. The van der Waals surface area contributed by atoms with Crippen LogP contribution in [0, 0.1) is 23.7 Å².